The number of benzene rings is 1. The molecule has 1 saturated carbocycles. The van der Waals surface area contributed by atoms with Gasteiger partial charge in [-0.2, -0.15) is 0 Å². The Bertz CT molecular complexity index is 502. The molecule has 1 amide bonds. The van der Waals surface area contributed by atoms with Gasteiger partial charge in [0.15, 0.2) is 0 Å². The highest BCUT2D eigenvalue weighted by molar-refractivity contribution is 6.32. The number of primary amides is 1. The third-order valence-electron chi connectivity index (χ3n) is 3.69. The minimum Gasteiger partial charge on any atom is -0.489 e. The number of halogens is 1. The van der Waals surface area contributed by atoms with Gasteiger partial charge in [0.2, 0.25) is 5.91 Å². The molecule has 0 bridgehead atoms. The Kier molecular flexibility index (Phi) is 3.27. The number of carbonyl (C=O) groups is 1. The van der Waals surface area contributed by atoms with E-state index in [4.69, 9.17) is 22.1 Å². The van der Waals surface area contributed by atoms with Crippen molar-refractivity contribution in [1.82, 2.24) is 0 Å². The standard InChI is InChI=1S/C14H17ClN2O2/c15-12-4-1-10(7-13(12)19-11-2-3-11)17-6-5-9(8-17)14(16)18/h1,4,7,9,11H,2-3,5-6,8H2,(H2,16,18). The van der Waals surface area contributed by atoms with E-state index < -0.39 is 0 Å². The number of hydrogen-bond acceptors (Lipinski definition) is 3. The maximum absolute atomic E-state index is 11.2. The maximum Gasteiger partial charge on any atom is 0.222 e. The highest BCUT2D eigenvalue weighted by Gasteiger charge is 2.28. The fraction of sp³-hybridized carbons (Fsp3) is 0.500. The summed E-state index contributed by atoms with van der Waals surface area (Å²) in [5.74, 6) is 0.471. The van der Waals surface area contributed by atoms with Crippen molar-refractivity contribution in [3.05, 3.63) is 23.2 Å². The molecule has 19 heavy (non-hydrogen) atoms. The van der Waals surface area contributed by atoms with Crippen molar-refractivity contribution in [2.75, 3.05) is 18.0 Å². The Balaban J connectivity index is 1.75. The van der Waals surface area contributed by atoms with Gasteiger partial charge in [-0.3, -0.25) is 4.79 Å². The van der Waals surface area contributed by atoms with E-state index in [0.717, 1.165) is 37.2 Å². The molecule has 0 spiro atoms. The number of carbonyl (C=O) groups excluding carboxylic acids is 1. The van der Waals surface area contributed by atoms with Crippen molar-refractivity contribution < 1.29 is 9.53 Å². The van der Waals surface area contributed by atoms with Crippen LogP contribution < -0.4 is 15.4 Å². The first-order valence-electron chi connectivity index (χ1n) is 6.64. The van der Waals surface area contributed by atoms with E-state index in [2.05, 4.69) is 4.90 Å². The summed E-state index contributed by atoms with van der Waals surface area (Å²) in [4.78, 5) is 13.4. The summed E-state index contributed by atoms with van der Waals surface area (Å²) >= 11 is 6.14. The Hall–Kier alpha value is -1.42. The highest BCUT2D eigenvalue weighted by Crippen LogP contribution is 2.35. The van der Waals surface area contributed by atoms with Crippen LogP contribution in [0.4, 0.5) is 5.69 Å². The molecule has 5 heteroatoms. The van der Waals surface area contributed by atoms with E-state index in [9.17, 15) is 4.79 Å². The lowest BCUT2D eigenvalue weighted by atomic mass is 10.1. The third-order valence-corrected chi connectivity index (χ3v) is 4.00. The van der Waals surface area contributed by atoms with Gasteiger partial charge < -0.3 is 15.4 Å². The van der Waals surface area contributed by atoms with Crippen molar-refractivity contribution in [1.29, 1.82) is 0 Å². The van der Waals surface area contributed by atoms with Gasteiger partial charge in [-0.25, -0.2) is 0 Å². The molecule has 3 rings (SSSR count). The summed E-state index contributed by atoms with van der Waals surface area (Å²) in [6, 6.07) is 5.78. The molecule has 2 fully saturated rings. The van der Waals surface area contributed by atoms with Crippen molar-refractivity contribution >= 4 is 23.2 Å². The number of ether oxygens (including phenoxy) is 1. The highest BCUT2D eigenvalue weighted by atomic mass is 35.5. The van der Waals surface area contributed by atoms with E-state index in [1.807, 2.05) is 18.2 Å². The molecule has 4 nitrogen and oxygen atoms in total. The molecular formula is C14H17ClN2O2. The predicted molar refractivity (Wildman–Crippen MR) is 74.6 cm³/mol. The Morgan fingerprint density at radius 1 is 1.37 bits per heavy atom. The number of nitrogens with zero attached hydrogens (tertiary/aromatic N) is 1. The van der Waals surface area contributed by atoms with E-state index in [1.165, 1.54) is 0 Å². The van der Waals surface area contributed by atoms with Gasteiger partial charge in [-0.05, 0) is 31.4 Å². The van der Waals surface area contributed by atoms with Crippen LogP contribution in [0.25, 0.3) is 0 Å². The molecule has 2 aliphatic rings. The van der Waals surface area contributed by atoms with Crippen LogP contribution in [0.3, 0.4) is 0 Å². The lowest BCUT2D eigenvalue weighted by Crippen LogP contribution is -2.27. The molecule has 1 saturated heterocycles. The van der Waals surface area contributed by atoms with Gasteiger partial charge in [0.05, 0.1) is 17.0 Å². The monoisotopic (exact) mass is 280 g/mol. The topological polar surface area (TPSA) is 55.6 Å². The van der Waals surface area contributed by atoms with Gasteiger partial charge in [0.1, 0.15) is 5.75 Å². The van der Waals surface area contributed by atoms with Crippen LogP contribution in [0.5, 0.6) is 5.75 Å². The first-order valence-corrected chi connectivity index (χ1v) is 7.02. The molecular weight excluding hydrogens is 264 g/mol. The summed E-state index contributed by atoms with van der Waals surface area (Å²) in [5, 5.41) is 0.640. The molecule has 102 valence electrons. The lowest BCUT2D eigenvalue weighted by molar-refractivity contribution is -0.121. The Morgan fingerprint density at radius 3 is 2.79 bits per heavy atom. The second-order valence-corrected chi connectivity index (χ2v) is 5.67. The van der Waals surface area contributed by atoms with Crippen LogP contribution in [-0.2, 0) is 4.79 Å². The zero-order chi connectivity index (χ0) is 13.4. The summed E-state index contributed by atoms with van der Waals surface area (Å²) in [6.07, 6.45) is 3.35. The first-order chi connectivity index (χ1) is 9.13. The fourth-order valence-electron chi connectivity index (χ4n) is 2.37. The summed E-state index contributed by atoms with van der Waals surface area (Å²) in [6.45, 7) is 1.53. The number of nitrogens with two attached hydrogens (primary N) is 1. The summed E-state index contributed by atoms with van der Waals surface area (Å²) in [5.41, 5.74) is 6.40. The van der Waals surface area contributed by atoms with Crippen molar-refractivity contribution in [2.24, 2.45) is 11.7 Å². The van der Waals surface area contributed by atoms with E-state index in [1.54, 1.807) is 0 Å². The largest absolute Gasteiger partial charge is 0.489 e. The van der Waals surface area contributed by atoms with Crippen LogP contribution in [0.1, 0.15) is 19.3 Å². The van der Waals surface area contributed by atoms with Crippen LogP contribution in [0.2, 0.25) is 5.02 Å². The summed E-state index contributed by atoms with van der Waals surface area (Å²) < 4.78 is 5.78. The number of rotatable bonds is 4. The first kappa shape index (κ1) is 12.6. The molecule has 1 heterocycles. The average Bonchev–Trinajstić information content (AvgIpc) is 3.05. The van der Waals surface area contributed by atoms with Crippen LogP contribution in [-0.4, -0.2) is 25.1 Å². The molecule has 1 aromatic rings. The number of anilines is 1. The maximum atomic E-state index is 11.2. The molecule has 0 aromatic heterocycles. The Morgan fingerprint density at radius 2 is 2.16 bits per heavy atom. The zero-order valence-corrected chi connectivity index (χ0v) is 11.4. The van der Waals surface area contributed by atoms with Crippen molar-refractivity contribution in [3.63, 3.8) is 0 Å². The van der Waals surface area contributed by atoms with Crippen LogP contribution in [0, 0.1) is 5.92 Å². The minimum absolute atomic E-state index is 0.0523. The number of amides is 1. The molecule has 1 aliphatic heterocycles. The van der Waals surface area contributed by atoms with E-state index in [-0.39, 0.29) is 11.8 Å². The molecule has 1 aromatic carbocycles. The van der Waals surface area contributed by atoms with Crippen LogP contribution in [0.15, 0.2) is 18.2 Å². The van der Waals surface area contributed by atoms with Crippen molar-refractivity contribution in [3.8, 4) is 5.75 Å². The predicted octanol–water partition coefficient (Wildman–Crippen LogP) is 2.19. The quantitative estimate of drug-likeness (QED) is 0.920. The average molecular weight is 281 g/mol. The van der Waals surface area contributed by atoms with E-state index in [0.29, 0.717) is 17.7 Å². The molecule has 2 N–H and O–H groups in total. The third kappa shape index (κ3) is 2.78. The number of hydrogen-bond donors (Lipinski definition) is 1. The Labute approximate surface area is 117 Å². The second-order valence-electron chi connectivity index (χ2n) is 5.27. The second kappa shape index (κ2) is 4.93. The van der Waals surface area contributed by atoms with Gasteiger partial charge in [-0.15, -0.1) is 0 Å². The van der Waals surface area contributed by atoms with Gasteiger partial charge in [0.25, 0.3) is 0 Å². The van der Waals surface area contributed by atoms with Gasteiger partial charge in [-0.1, -0.05) is 11.6 Å². The van der Waals surface area contributed by atoms with Crippen molar-refractivity contribution in [2.45, 2.75) is 25.4 Å². The molecule has 1 aliphatic carbocycles. The lowest BCUT2D eigenvalue weighted by Gasteiger charge is -2.19. The van der Waals surface area contributed by atoms with E-state index >= 15 is 0 Å². The normalized spacial score (nSPS) is 22.6. The smallest absolute Gasteiger partial charge is 0.222 e. The SMILES string of the molecule is NC(=O)C1CCN(c2ccc(Cl)c(OC3CC3)c2)C1. The van der Waals surface area contributed by atoms with Gasteiger partial charge >= 0.3 is 0 Å². The minimum atomic E-state index is -0.217. The zero-order valence-electron chi connectivity index (χ0n) is 10.6. The molecule has 1 atom stereocenters. The van der Waals surface area contributed by atoms with Gasteiger partial charge in [0, 0.05) is 24.8 Å². The fourth-order valence-corrected chi connectivity index (χ4v) is 2.53. The molecule has 0 radical (unpaired) electrons. The van der Waals surface area contributed by atoms with Crippen LogP contribution >= 0.6 is 11.6 Å². The molecule has 1 unspecified atom stereocenters. The summed E-state index contributed by atoms with van der Waals surface area (Å²) in [7, 11) is 0.